The third-order valence-electron chi connectivity index (χ3n) is 2.30. The standard InChI is InChI=1S/C13H18O3/c1-3-4-10-12(15-2)16-13(14)11-8-6-5-7-9-11/h5-9,12H,3-4,10H2,1-2H3. The van der Waals surface area contributed by atoms with Gasteiger partial charge in [0, 0.05) is 13.5 Å². The number of hydrogen-bond acceptors (Lipinski definition) is 3. The van der Waals surface area contributed by atoms with E-state index in [0.717, 1.165) is 19.3 Å². The highest BCUT2D eigenvalue weighted by atomic mass is 16.7. The SMILES string of the molecule is CCCCC(OC)OC(=O)c1ccccc1. The minimum atomic E-state index is -0.437. The van der Waals surface area contributed by atoms with E-state index in [0.29, 0.717) is 5.56 Å². The van der Waals surface area contributed by atoms with Crippen LogP contribution in [0.4, 0.5) is 0 Å². The second-order valence-electron chi connectivity index (χ2n) is 3.58. The van der Waals surface area contributed by atoms with E-state index in [9.17, 15) is 4.79 Å². The van der Waals surface area contributed by atoms with Crippen LogP contribution in [0.15, 0.2) is 30.3 Å². The summed E-state index contributed by atoms with van der Waals surface area (Å²) in [5, 5.41) is 0. The number of rotatable bonds is 6. The second kappa shape index (κ2) is 7.01. The molecule has 0 N–H and O–H groups in total. The molecular weight excluding hydrogens is 204 g/mol. The Labute approximate surface area is 96.4 Å². The zero-order chi connectivity index (χ0) is 11.8. The monoisotopic (exact) mass is 222 g/mol. The van der Waals surface area contributed by atoms with Crippen molar-refractivity contribution in [3.8, 4) is 0 Å². The van der Waals surface area contributed by atoms with Crippen molar-refractivity contribution >= 4 is 5.97 Å². The van der Waals surface area contributed by atoms with Gasteiger partial charge in [0.25, 0.3) is 0 Å². The first-order valence-electron chi connectivity index (χ1n) is 5.56. The largest absolute Gasteiger partial charge is 0.432 e. The Morgan fingerprint density at radius 2 is 2.00 bits per heavy atom. The highest BCUT2D eigenvalue weighted by Crippen LogP contribution is 2.09. The van der Waals surface area contributed by atoms with Crippen LogP contribution in [-0.2, 0) is 9.47 Å². The van der Waals surface area contributed by atoms with Gasteiger partial charge in [0.05, 0.1) is 5.56 Å². The predicted molar refractivity (Wildman–Crippen MR) is 62.2 cm³/mol. The van der Waals surface area contributed by atoms with Crippen molar-refractivity contribution in [3.05, 3.63) is 35.9 Å². The summed E-state index contributed by atoms with van der Waals surface area (Å²) in [4.78, 5) is 11.7. The van der Waals surface area contributed by atoms with Gasteiger partial charge < -0.3 is 9.47 Å². The highest BCUT2D eigenvalue weighted by Gasteiger charge is 2.14. The van der Waals surface area contributed by atoms with Gasteiger partial charge >= 0.3 is 5.97 Å². The maximum absolute atomic E-state index is 11.7. The summed E-state index contributed by atoms with van der Waals surface area (Å²) in [7, 11) is 1.55. The molecule has 88 valence electrons. The third kappa shape index (κ3) is 4.03. The molecule has 1 rings (SSSR count). The van der Waals surface area contributed by atoms with Gasteiger partial charge in [0.2, 0.25) is 6.29 Å². The Bertz CT molecular complexity index is 308. The molecule has 0 aliphatic rings. The number of hydrogen-bond donors (Lipinski definition) is 0. The molecule has 0 amide bonds. The smallest absolute Gasteiger partial charge is 0.340 e. The molecule has 0 radical (unpaired) electrons. The van der Waals surface area contributed by atoms with E-state index < -0.39 is 6.29 Å². The first-order chi connectivity index (χ1) is 7.77. The number of methoxy groups -OCH3 is 1. The fraction of sp³-hybridized carbons (Fsp3) is 0.462. The molecule has 1 aromatic rings. The van der Waals surface area contributed by atoms with Crippen LogP contribution in [0.3, 0.4) is 0 Å². The van der Waals surface area contributed by atoms with E-state index in [1.54, 1.807) is 19.2 Å². The Kier molecular flexibility index (Phi) is 5.57. The quantitative estimate of drug-likeness (QED) is 0.548. The normalized spacial score (nSPS) is 12.1. The van der Waals surface area contributed by atoms with E-state index in [2.05, 4.69) is 6.92 Å². The number of benzene rings is 1. The molecule has 0 fully saturated rings. The maximum Gasteiger partial charge on any atom is 0.340 e. The molecule has 0 heterocycles. The first kappa shape index (κ1) is 12.7. The van der Waals surface area contributed by atoms with Crippen molar-refractivity contribution in [1.82, 2.24) is 0 Å². The van der Waals surface area contributed by atoms with Crippen LogP contribution in [0.5, 0.6) is 0 Å². The first-order valence-corrected chi connectivity index (χ1v) is 5.56. The average Bonchev–Trinajstić information content (AvgIpc) is 2.35. The molecule has 0 aromatic heterocycles. The number of ether oxygens (including phenoxy) is 2. The Morgan fingerprint density at radius 3 is 2.56 bits per heavy atom. The Hall–Kier alpha value is -1.35. The maximum atomic E-state index is 11.7. The highest BCUT2D eigenvalue weighted by molar-refractivity contribution is 5.89. The fourth-order valence-electron chi connectivity index (χ4n) is 1.36. The van der Waals surface area contributed by atoms with Gasteiger partial charge in [-0.05, 0) is 18.6 Å². The van der Waals surface area contributed by atoms with Gasteiger partial charge in [-0.3, -0.25) is 0 Å². The summed E-state index contributed by atoms with van der Waals surface area (Å²) in [5.74, 6) is -0.330. The Morgan fingerprint density at radius 1 is 1.31 bits per heavy atom. The van der Waals surface area contributed by atoms with Gasteiger partial charge in [-0.25, -0.2) is 4.79 Å². The summed E-state index contributed by atoms with van der Waals surface area (Å²) in [6, 6.07) is 8.94. The van der Waals surface area contributed by atoms with Crippen LogP contribution >= 0.6 is 0 Å². The molecule has 1 unspecified atom stereocenters. The summed E-state index contributed by atoms with van der Waals surface area (Å²) < 4.78 is 10.3. The van der Waals surface area contributed by atoms with Gasteiger partial charge in [0.15, 0.2) is 0 Å². The molecule has 0 aliphatic carbocycles. The molecule has 0 bridgehead atoms. The van der Waals surface area contributed by atoms with Crippen LogP contribution in [0.2, 0.25) is 0 Å². The van der Waals surface area contributed by atoms with Crippen molar-refractivity contribution in [2.24, 2.45) is 0 Å². The molecule has 3 nitrogen and oxygen atoms in total. The summed E-state index contributed by atoms with van der Waals surface area (Å²) in [6.07, 6.45) is 2.35. The van der Waals surface area contributed by atoms with Gasteiger partial charge in [-0.1, -0.05) is 31.5 Å². The summed E-state index contributed by atoms with van der Waals surface area (Å²) in [6.45, 7) is 2.09. The fourth-order valence-corrected chi connectivity index (χ4v) is 1.36. The topological polar surface area (TPSA) is 35.5 Å². The predicted octanol–water partition coefficient (Wildman–Crippen LogP) is 3.01. The molecule has 0 aliphatic heterocycles. The lowest BCUT2D eigenvalue weighted by Gasteiger charge is -2.15. The number of carbonyl (C=O) groups is 1. The minimum Gasteiger partial charge on any atom is -0.432 e. The van der Waals surface area contributed by atoms with E-state index in [1.807, 2.05) is 18.2 Å². The molecule has 1 aromatic carbocycles. The zero-order valence-corrected chi connectivity index (χ0v) is 9.81. The molecule has 3 heteroatoms. The van der Waals surface area contributed by atoms with Crippen molar-refractivity contribution < 1.29 is 14.3 Å². The van der Waals surface area contributed by atoms with Crippen LogP contribution in [-0.4, -0.2) is 19.4 Å². The second-order valence-corrected chi connectivity index (χ2v) is 3.58. The lowest BCUT2D eigenvalue weighted by Crippen LogP contribution is -2.20. The number of unbranched alkanes of at least 4 members (excludes halogenated alkanes) is 1. The van der Waals surface area contributed by atoms with E-state index in [1.165, 1.54) is 0 Å². The van der Waals surface area contributed by atoms with Crippen LogP contribution in [0.25, 0.3) is 0 Å². The Balaban J connectivity index is 2.49. The van der Waals surface area contributed by atoms with Crippen LogP contribution in [0, 0.1) is 0 Å². The van der Waals surface area contributed by atoms with Crippen molar-refractivity contribution in [2.75, 3.05) is 7.11 Å². The average molecular weight is 222 g/mol. The zero-order valence-electron chi connectivity index (χ0n) is 9.81. The van der Waals surface area contributed by atoms with Gasteiger partial charge in [0.1, 0.15) is 0 Å². The van der Waals surface area contributed by atoms with E-state index >= 15 is 0 Å². The van der Waals surface area contributed by atoms with Gasteiger partial charge in [-0.2, -0.15) is 0 Å². The van der Waals surface area contributed by atoms with E-state index in [-0.39, 0.29) is 5.97 Å². The van der Waals surface area contributed by atoms with Crippen LogP contribution in [0.1, 0.15) is 36.5 Å². The molecule has 1 atom stereocenters. The summed E-state index contributed by atoms with van der Waals surface area (Å²) in [5.41, 5.74) is 0.557. The number of carbonyl (C=O) groups excluding carboxylic acids is 1. The van der Waals surface area contributed by atoms with Crippen molar-refractivity contribution in [1.29, 1.82) is 0 Å². The molecule has 0 spiro atoms. The van der Waals surface area contributed by atoms with Crippen molar-refractivity contribution in [2.45, 2.75) is 32.5 Å². The molecule has 16 heavy (non-hydrogen) atoms. The lowest BCUT2D eigenvalue weighted by atomic mass is 10.2. The molecule has 0 saturated carbocycles. The minimum absolute atomic E-state index is 0.330. The van der Waals surface area contributed by atoms with Gasteiger partial charge in [-0.15, -0.1) is 0 Å². The molecular formula is C13H18O3. The van der Waals surface area contributed by atoms with E-state index in [4.69, 9.17) is 9.47 Å². The third-order valence-corrected chi connectivity index (χ3v) is 2.30. The lowest BCUT2D eigenvalue weighted by molar-refractivity contribution is -0.0939. The van der Waals surface area contributed by atoms with Crippen molar-refractivity contribution in [3.63, 3.8) is 0 Å². The number of esters is 1. The summed E-state index contributed by atoms with van der Waals surface area (Å²) >= 11 is 0. The molecule has 0 saturated heterocycles. The van der Waals surface area contributed by atoms with Crippen LogP contribution < -0.4 is 0 Å².